The van der Waals surface area contributed by atoms with E-state index >= 15 is 0 Å². The number of rotatable bonds is 0. The molecule has 5 N–H and O–H groups in total. The fraction of sp³-hybridized carbons (Fsp3) is 0. The van der Waals surface area contributed by atoms with E-state index in [2.05, 4.69) is 0 Å². The van der Waals surface area contributed by atoms with Gasteiger partial charge in [-0.15, -0.1) is 0 Å². The molecule has 0 atom stereocenters. The molecule has 0 aromatic carbocycles. The first kappa shape index (κ1) is 23.2. The fourth-order valence-corrected chi connectivity index (χ4v) is 0. The van der Waals surface area contributed by atoms with Crippen molar-refractivity contribution in [1.29, 1.82) is 0 Å². The first-order chi connectivity index (χ1) is 2.00. The average Bonchev–Trinajstić information content (AvgIpc) is 0.722. The van der Waals surface area contributed by atoms with Gasteiger partial charge < -0.3 is 6.15 Å². The molecule has 0 unspecified atom stereocenters. The molecule has 0 radical (unpaired) electrons. The zero-order valence-corrected chi connectivity index (χ0v) is 5.10. The molecule has 0 aliphatic rings. The van der Waals surface area contributed by atoms with Gasteiger partial charge in [0.25, 0.3) is 0 Å². The molecule has 0 fully saturated rings. The second kappa shape index (κ2) is 7.88. The number of hydrogen-bond acceptors (Lipinski definition) is 3. The largest absolute Gasteiger partial charge is 0.394 e. The third-order valence-electron chi connectivity index (χ3n) is 0. The molecule has 0 heterocycles. The molecule has 5 nitrogen and oxygen atoms in total. The van der Waals surface area contributed by atoms with Gasteiger partial charge in [0, 0.05) is 17.1 Å². The van der Waals surface area contributed by atoms with Crippen LogP contribution in [0.3, 0.4) is 0 Å². The fourth-order valence-electron chi connectivity index (χ4n) is 0. The van der Waals surface area contributed by atoms with Crippen LogP contribution in [0.1, 0.15) is 0 Å². The van der Waals surface area contributed by atoms with E-state index in [0.29, 0.717) is 0 Å². The van der Waals surface area contributed by atoms with E-state index < -0.39 is 10.4 Å². The van der Waals surface area contributed by atoms with Crippen molar-refractivity contribution in [3.05, 3.63) is 0 Å². The maximum Gasteiger partial charge on any atom is 0.394 e. The molecule has 0 aliphatic carbocycles. The molecule has 0 saturated heterocycles. The van der Waals surface area contributed by atoms with Crippen LogP contribution in [-0.4, -0.2) is 34.9 Å². The van der Waals surface area contributed by atoms with Gasteiger partial charge in [0.05, 0.1) is 0 Å². The second-order valence-corrected chi connectivity index (χ2v) is 1.34. The van der Waals surface area contributed by atoms with Crippen LogP contribution >= 0.6 is 0 Å². The van der Waals surface area contributed by atoms with Crippen molar-refractivity contribution < 1.29 is 34.6 Å². The van der Waals surface area contributed by atoms with Gasteiger partial charge in [-0.2, -0.15) is 8.42 Å². The third-order valence-corrected chi connectivity index (χ3v) is 0. The average molecular weight is 201 g/mol. The smallest absolute Gasteiger partial charge is 0.344 e. The second-order valence-electron chi connectivity index (χ2n) is 0.448. The van der Waals surface area contributed by atoms with Gasteiger partial charge >= 0.3 is 10.4 Å². The Morgan fingerprint density at radius 1 is 1.12 bits per heavy atom. The Morgan fingerprint density at radius 2 is 1.12 bits per heavy atom. The van der Waals surface area contributed by atoms with E-state index in [9.17, 15) is 0 Å². The predicted octanol–water partition coefficient (Wildman–Crippen LogP) is -1.68. The minimum atomic E-state index is -4.67. The Kier molecular flexibility index (Phi) is 22.8. The Bertz CT molecular complexity index is 99.2. The minimum Gasteiger partial charge on any atom is -0.344 e. The van der Waals surface area contributed by atoms with Crippen molar-refractivity contribution >= 4 is 27.8 Å². The summed E-state index contributed by atoms with van der Waals surface area (Å²) in [5.74, 6) is 0. The Morgan fingerprint density at radius 3 is 1.12 bits per heavy atom. The van der Waals surface area contributed by atoms with E-state index in [-0.39, 0.29) is 40.6 Å². The summed E-state index contributed by atoms with van der Waals surface area (Å²) in [6.07, 6.45) is 0. The van der Waals surface area contributed by atoms with Crippen molar-refractivity contribution in [2.24, 2.45) is 0 Å². The normalized spacial score (nSPS) is 7.25. The summed E-state index contributed by atoms with van der Waals surface area (Å²) in [6.45, 7) is 0. The van der Waals surface area contributed by atoms with Crippen molar-refractivity contribution in [2.75, 3.05) is 0 Å². The Labute approximate surface area is 68.6 Å². The summed E-state index contributed by atoms with van der Waals surface area (Å²) < 4.78 is 31.6. The van der Waals surface area contributed by atoms with Crippen LogP contribution in [0.5, 0.6) is 0 Å². The molecule has 0 saturated carbocycles. The van der Waals surface area contributed by atoms with Crippen LogP contribution in [0.2, 0.25) is 0 Å². The van der Waals surface area contributed by atoms with E-state index in [1.165, 1.54) is 0 Å². The van der Waals surface area contributed by atoms with Crippen LogP contribution in [0, 0.1) is 0 Å². The topological polar surface area (TPSA) is 110 Å². The Hall–Kier alpha value is 0.882. The van der Waals surface area contributed by atoms with Crippen molar-refractivity contribution in [2.45, 2.75) is 0 Å². The maximum atomic E-state index is 8.74. The summed E-state index contributed by atoms with van der Waals surface area (Å²) >= 11 is 0. The van der Waals surface area contributed by atoms with Gasteiger partial charge in [0.1, 0.15) is 0 Å². The van der Waals surface area contributed by atoms with Crippen molar-refractivity contribution in [3.8, 4) is 0 Å². The molecule has 0 spiro atoms. The molecular formula is H8AlFeNO4S. The molecule has 0 aromatic heterocycles. The summed E-state index contributed by atoms with van der Waals surface area (Å²) in [5, 5.41) is 0. The third kappa shape index (κ3) is 306. The van der Waals surface area contributed by atoms with Gasteiger partial charge in [0.15, 0.2) is 17.4 Å². The van der Waals surface area contributed by atoms with Crippen LogP contribution < -0.4 is 6.15 Å². The molecule has 54 valence electrons. The summed E-state index contributed by atoms with van der Waals surface area (Å²) in [6, 6.07) is 0. The van der Waals surface area contributed by atoms with Crippen LogP contribution in [0.15, 0.2) is 0 Å². The standard InChI is InChI=1S/Al.Fe.H3N.H2O4S.3H/c;;;1-5(2,3)4;;;/h;;1H3;(H2,1,2,3,4);;;. The van der Waals surface area contributed by atoms with Gasteiger partial charge in [-0.05, 0) is 0 Å². The van der Waals surface area contributed by atoms with Crippen LogP contribution in [0.25, 0.3) is 0 Å². The van der Waals surface area contributed by atoms with E-state index in [1.807, 2.05) is 0 Å². The summed E-state index contributed by atoms with van der Waals surface area (Å²) in [7, 11) is -4.67. The molecule has 0 aromatic rings. The van der Waals surface area contributed by atoms with E-state index in [1.54, 1.807) is 0 Å². The predicted molar refractivity (Wildman–Crippen MR) is 29.1 cm³/mol. The molecule has 0 rings (SSSR count). The summed E-state index contributed by atoms with van der Waals surface area (Å²) in [5.41, 5.74) is 0. The number of hydrogen-bond donors (Lipinski definition) is 3. The minimum absolute atomic E-state index is 0. The summed E-state index contributed by atoms with van der Waals surface area (Å²) in [4.78, 5) is 0. The van der Waals surface area contributed by atoms with Crippen molar-refractivity contribution in [1.82, 2.24) is 6.15 Å². The molecule has 8 heavy (non-hydrogen) atoms. The molecule has 0 bridgehead atoms. The first-order valence-corrected chi connectivity index (χ1v) is 2.10. The molecule has 8 heteroatoms. The first-order valence-electron chi connectivity index (χ1n) is 0.698. The molecular weight excluding hydrogens is 193 g/mol. The van der Waals surface area contributed by atoms with Gasteiger partial charge in [-0.3, -0.25) is 9.11 Å². The van der Waals surface area contributed by atoms with E-state index in [0.717, 1.165) is 0 Å². The van der Waals surface area contributed by atoms with Crippen LogP contribution in [-0.2, 0) is 27.5 Å². The zero-order chi connectivity index (χ0) is 4.50. The monoisotopic (exact) mass is 201 g/mol. The zero-order valence-electron chi connectivity index (χ0n) is 3.18. The molecule has 0 aliphatic heterocycles. The van der Waals surface area contributed by atoms with Gasteiger partial charge in [-0.25, -0.2) is 0 Å². The quantitative estimate of drug-likeness (QED) is 0.320. The maximum absolute atomic E-state index is 8.74. The van der Waals surface area contributed by atoms with Gasteiger partial charge in [0.2, 0.25) is 0 Å². The SMILES string of the molecule is N.O=S(=O)(O)O.[AlH3].[Fe]. The van der Waals surface area contributed by atoms with Crippen molar-refractivity contribution in [3.63, 3.8) is 0 Å². The Balaban J connectivity index is -0.0000000267. The van der Waals surface area contributed by atoms with Crippen LogP contribution in [0.4, 0.5) is 0 Å². The van der Waals surface area contributed by atoms with E-state index in [4.69, 9.17) is 17.5 Å². The molecule has 0 amide bonds. The van der Waals surface area contributed by atoms with Gasteiger partial charge in [-0.1, -0.05) is 0 Å².